The van der Waals surface area contributed by atoms with Crippen LogP contribution in [0.2, 0.25) is 0 Å². The maximum absolute atomic E-state index is 12.5. The fourth-order valence-corrected chi connectivity index (χ4v) is 4.63. The summed E-state index contributed by atoms with van der Waals surface area (Å²) >= 11 is 0. The van der Waals surface area contributed by atoms with Gasteiger partial charge in [0.2, 0.25) is 0 Å². The molecule has 3 aromatic carbocycles. The van der Waals surface area contributed by atoms with Crippen LogP contribution >= 0.6 is 0 Å². The van der Waals surface area contributed by atoms with Crippen LogP contribution in [0.4, 0.5) is 10.5 Å². The minimum Gasteiger partial charge on any atom is -0.493 e. The number of hydrazone groups is 1. The number of urea groups is 1. The normalized spacial score (nSPS) is 14.9. The lowest BCUT2D eigenvalue weighted by molar-refractivity contribution is -0.384. The van der Waals surface area contributed by atoms with Gasteiger partial charge in [-0.15, -0.1) is 0 Å². The number of para-hydroxylation sites is 1. The summed E-state index contributed by atoms with van der Waals surface area (Å²) < 4.78 is 27.9. The van der Waals surface area contributed by atoms with Crippen molar-refractivity contribution in [1.29, 1.82) is 0 Å². The summed E-state index contributed by atoms with van der Waals surface area (Å²) in [7, 11) is 2.76. The van der Waals surface area contributed by atoms with Gasteiger partial charge >= 0.3 is 12.0 Å². The molecular weight excluding hydrogens is 614 g/mol. The molecule has 0 saturated carbocycles. The maximum Gasteiger partial charge on any atom is 0.337 e. The molecule has 0 aliphatic carbocycles. The Bertz CT molecular complexity index is 1660. The first-order chi connectivity index (χ1) is 22.6. The van der Waals surface area contributed by atoms with E-state index in [4.69, 9.17) is 23.7 Å². The largest absolute Gasteiger partial charge is 0.493 e. The molecule has 0 saturated heterocycles. The Morgan fingerprint density at radius 2 is 1.85 bits per heavy atom. The van der Waals surface area contributed by atoms with Crippen molar-refractivity contribution in [1.82, 2.24) is 16.1 Å². The molecular formula is C32H35N5O10. The van der Waals surface area contributed by atoms with Crippen molar-refractivity contribution in [3.8, 4) is 23.0 Å². The first-order valence-electron chi connectivity index (χ1n) is 14.4. The summed E-state index contributed by atoms with van der Waals surface area (Å²) in [5, 5.41) is 30.9. The molecule has 0 bridgehead atoms. The Morgan fingerprint density at radius 1 is 1.09 bits per heavy atom. The number of methoxy groups -OCH3 is 2. The molecule has 0 fully saturated rings. The number of ether oxygens (including phenoxy) is 5. The van der Waals surface area contributed by atoms with Gasteiger partial charge in [-0.2, -0.15) is 5.10 Å². The first-order valence-corrected chi connectivity index (χ1v) is 14.4. The number of nitrogens with zero attached hydrogens (tertiary/aromatic N) is 2. The van der Waals surface area contributed by atoms with Crippen LogP contribution in [-0.2, 0) is 16.1 Å². The molecule has 2 atom stereocenters. The van der Waals surface area contributed by atoms with Crippen molar-refractivity contribution in [2.75, 3.05) is 27.4 Å². The molecule has 0 aromatic heterocycles. The highest BCUT2D eigenvalue weighted by Crippen LogP contribution is 2.35. The lowest BCUT2D eigenvalue weighted by Gasteiger charge is -2.28. The van der Waals surface area contributed by atoms with Crippen molar-refractivity contribution in [3.63, 3.8) is 0 Å². The first kappa shape index (κ1) is 34.1. The van der Waals surface area contributed by atoms with E-state index in [1.54, 1.807) is 62.4 Å². The second-order valence-electron chi connectivity index (χ2n) is 10.0. The van der Waals surface area contributed by atoms with Crippen LogP contribution in [0, 0.1) is 10.1 Å². The maximum atomic E-state index is 12.5. The quantitative estimate of drug-likeness (QED) is 0.0617. The molecule has 248 valence electrons. The minimum atomic E-state index is -1.23. The van der Waals surface area contributed by atoms with Gasteiger partial charge in [0, 0.05) is 23.4 Å². The van der Waals surface area contributed by atoms with Crippen LogP contribution in [0.25, 0.3) is 0 Å². The number of allylic oxidation sites excluding steroid dienone is 1. The van der Waals surface area contributed by atoms with Gasteiger partial charge in [0.1, 0.15) is 13.2 Å². The third-order valence-electron chi connectivity index (χ3n) is 6.86. The Kier molecular flexibility index (Phi) is 11.6. The predicted octanol–water partition coefficient (Wildman–Crippen LogP) is 3.70. The standard InChI is InChI=1S/C32H35N5O10/c1-5-45-26-15-21(29-28(31(39)44-4)19(2)34-32(40)35-29)11-14-24(26)46-18-27(38)36-33-16-22-7-6-8-25(43-3)30(22)47-17-20-9-12-23(13-10-20)37(41)42/h6-16,27,29,36,38H,5,17-18H2,1-4H3,(H2,34,35,40)/b33-16+/t27-,29+/m0/s1. The van der Waals surface area contributed by atoms with E-state index in [0.717, 1.165) is 0 Å². The van der Waals surface area contributed by atoms with Gasteiger partial charge in [0.15, 0.2) is 29.2 Å². The smallest absolute Gasteiger partial charge is 0.337 e. The number of nitrogens with one attached hydrogen (secondary N) is 3. The molecule has 1 heterocycles. The van der Waals surface area contributed by atoms with Crippen molar-refractivity contribution in [3.05, 3.63) is 98.7 Å². The number of aliphatic hydroxyl groups excluding tert-OH is 1. The molecule has 4 N–H and O–H groups in total. The summed E-state index contributed by atoms with van der Waals surface area (Å²) in [4.78, 5) is 35.1. The van der Waals surface area contributed by atoms with Crippen molar-refractivity contribution in [2.24, 2.45) is 5.10 Å². The third kappa shape index (κ3) is 8.67. The van der Waals surface area contributed by atoms with Crippen LogP contribution in [-0.4, -0.2) is 61.9 Å². The highest BCUT2D eigenvalue weighted by atomic mass is 16.6. The van der Waals surface area contributed by atoms with Crippen molar-refractivity contribution >= 4 is 23.9 Å². The molecule has 4 rings (SSSR count). The Balaban J connectivity index is 1.41. The Morgan fingerprint density at radius 3 is 2.53 bits per heavy atom. The molecule has 0 unspecified atom stereocenters. The molecule has 0 spiro atoms. The molecule has 1 aliphatic rings. The van der Waals surface area contributed by atoms with Crippen LogP contribution in [0.1, 0.15) is 36.6 Å². The monoisotopic (exact) mass is 649 g/mol. The second kappa shape index (κ2) is 15.9. The van der Waals surface area contributed by atoms with Gasteiger partial charge in [0.25, 0.3) is 5.69 Å². The van der Waals surface area contributed by atoms with Gasteiger partial charge < -0.3 is 39.4 Å². The van der Waals surface area contributed by atoms with E-state index >= 15 is 0 Å². The van der Waals surface area contributed by atoms with Gasteiger partial charge in [-0.1, -0.05) is 12.1 Å². The third-order valence-corrected chi connectivity index (χ3v) is 6.86. The van der Waals surface area contributed by atoms with Crippen LogP contribution in [0.5, 0.6) is 23.0 Å². The molecule has 2 amide bonds. The fourth-order valence-electron chi connectivity index (χ4n) is 4.63. The fraction of sp³-hybridized carbons (Fsp3) is 0.281. The molecule has 1 aliphatic heterocycles. The molecule has 15 nitrogen and oxygen atoms in total. The predicted molar refractivity (Wildman–Crippen MR) is 169 cm³/mol. The SMILES string of the molecule is CCOc1cc([C@H]2NC(=O)NC(C)=C2C(=O)OC)ccc1OC[C@H](O)N/N=C/c1cccc(OC)c1OCc1ccc([N+](=O)[O-])cc1. The number of nitro groups is 1. The van der Waals surface area contributed by atoms with E-state index < -0.39 is 29.2 Å². The summed E-state index contributed by atoms with van der Waals surface area (Å²) in [5.41, 5.74) is 5.01. The molecule has 15 heteroatoms. The minimum absolute atomic E-state index is 0.0208. The Hall–Kier alpha value is -5.83. The van der Waals surface area contributed by atoms with Crippen LogP contribution in [0.3, 0.4) is 0 Å². The Labute approximate surface area is 270 Å². The number of rotatable bonds is 15. The lowest BCUT2D eigenvalue weighted by atomic mass is 9.95. The number of carbonyl (C=O) groups excluding carboxylic acids is 2. The number of aliphatic hydroxyl groups is 1. The van der Waals surface area contributed by atoms with Crippen LogP contribution in [0.15, 0.2) is 77.0 Å². The zero-order valence-electron chi connectivity index (χ0n) is 26.1. The number of hydrogen-bond donors (Lipinski definition) is 4. The van der Waals surface area contributed by atoms with E-state index in [-0.39, 0.29) is 24.5 Å². The zero-order chi connectivity index (χ0) is 33.9. The van der Waals surface area contributed by atoms with Gasteiger partial charge in [-0.25, -0.2) is 9.59 Å². The van der Waals surface area contributed by atoms with Crippen LogP contribution < -0.4 is 35.0 Å². The zero-order valence-corrected chi connectivity index (χ0v) is 26.1. The molecule has 47 heavy (non-hydrogen) atoms. The van der Waals surface area contributed by atoms with E-state index in [1.165, 1.54) is 32.6 Å². The number of non-ortho nitro benzene ring substituents is 1. The summed E-state index contributed by atoms with van der Waals surface area (Å²) in [6.07, 6.45) is 0.217. The van der Waals surface area contributed by atoms with Crippen molar-refractivity contribution in [2.45, 2.75) is 32.7 Å². The topological polar surface area (TPSA) is 192 Å². The highest BCUT2D eigenvalue weighted by Gasteiger charge is 2.32. The number of amides is 2. The van der Waals surface area contributed by atoms with E-state index in [0.29, 0.717) is 52.0 Å². The lowest BCUT2D eigenvalue weighted by Crippen LogP contribution is -2.45. The second-order valence-corrected chi connectivity index (χ2v) is 10.0. The average Bonchev–Trinajstić information content (AvgIpc) is 3.06. The van der Waals surface area contributed by atoms with E-state index in [1.807, 2.05) is 0 Å². The summed E-state index contributed by atoms with van der Waals surface area (Å²) in [5.74, 6) is 0.888. The molecule has 3 aromatic rings. The van der Waals surface area contributed by atoms with Gasteiger partial charge in [0.05, 0.1) is 43.6 Å². The summed E-state index contributed by atoms with van der Waals surface area (Å²) in [6.45, 7) is 3.61. The van der Waals surface area contributed by atoms with Gasteiger partial charge in [-0.3, -0.25) is 15.5 Å². The number of esters is 1. The number of benzene rings is 3. The van der Waals surface area contributed by atoms with Gasteiger partial charge in [-0.05, 0) is 61.4 Å². The van der Waals surface area contributed by atoms with Crippen molar-refractivity contribution < 1.29 is 43.3 Å². The molecule has 0 radical (unpaired) electrons. The average molecular weight is 650 g/mol. The number of hydrogen-bond acceptors (Lipinski definition) is 12. The highest BCUT2D eigenvalue weighted by molar-refractivity contribution is 5.95. The van der Waals surface area contributed by atoms with E-state index in [9.17, 15) is 24.8 Å². The number of nitro benzene ring substituents is 1. The van der Waals surface area contributed by atoms with E-state index in [2.05, 4.69) is 21.2 Å². The number of carbonyl (C=O) groups is 2. The summed E-state index contributed by atoms with van der Waals surface area (Å²) in [6, 6.07) is 14.9.